The lowest BCUT2D eigenvalue weighted by Crippen LogP contribution is -2.07. The molecule has 94 valence electrons. The highest BCUT2D eigenvalue weighted by Gasteiger charge is 2.21. The van der Waals surface area contributed by atoms with Gasteiger partial charge in [-0.15, -0.1) is 0 Å². The number of nitrogens with zero attached hydrogens (tertiary/aromatic N) is 4. The molecule has 0 saturated heterocycles. The Bertz CT molecular complexity index is 584. The molecule has 0 amide bonds. The van der Waals surface area contributed by atoms with Gasteiger partial charge in [-0.1, -0.05) is 19.8 Å². The van der Waals surface area contributed by atoms with Gasteiger partial charge >= 0.3 is 0 Å². The van der Waals surface area contributed by atoms with E-state index in [0.29, 0.717) is 11.7 Å². The van der Waals surface area contributed by atoms with Crippen molar-refractivity contribution in [3.63, 3.8) is 0 Å². The molecular weight excluding hydrogens is 228 g/mol. The standard InChI is InChI=1S/C13H16N4O/c1-2-10-11-7-14-13(9-5-3-4-6-9)16-17(11)12(8-18)15-10/h7-9H,2-6H2,1H3. The maximum Gasteiger partial charge on any atom is 0.194 e. The van der Waals surface area contributed by atoms with Gasteiger partial charge in [0.2, 0.25) is 0 Å². The van der Waals surface area contributed by atoms with Crippen LogP contribution in [0.1, 0.15) is 60.7 Å². The van der Waals surface area contributed by atoms with Gasteiger partial charge in [0.25, 0.3) is 0 Å². The van der Waals surface area contributed by atoms with Crippen LogP contribution in [0.4, 0.5) is 0 Å². The van der Waals surface area contributed by atoms with E-state index in [1.807, 2.05) is 6.92 Å². The van der Waals surface area contributed by atoms with Gasteiger partial charge in [-0.05, 0) is 19.3 Å². The highest BCUT2D eigenvalue weighted by atomic mass is 16.1. The molecule has 3 rings (SSSR count). The summed E-state index contributed by atoms with van der Waals surface area (Å²) < 4.78 is 1.65. The molecule has 0 bridgehead atoms. The lowest BCUT2D eigenvalue weighted by atomic mass is 10.1. The third kappa shape index (κ3) is 1.70. The average molecular weight is 244 g/mol. The Balaban J connectivity index is 2.12. The quantitative estimate of drug-likeness (QED) is 0.776. The molecule has 2 aromatic heterocycles. The molecule has 2 aromatic rings. The highest BCUT2D eigenvalue weighted by molar-refractivity contribution is 5.72. The number of aryl methyl sites for hydroxylation is 1. The zero-order chi connectivity index (χ0) is 12.5. The van der Waals surface area contributed by atoms with Crippen molar-refractivity contribution in [2.75, 3.05) is 0 Å². The van der Waals surface area contributed by atoms with Gasteiger partial charge in [0, 0.05) is 5.92 Å². The van der Waals surface area contributed by atoms with E-state index < -0.39 is 0 Å². The summed E-state index contributed by atoms with van der Waals surface area (Å²) in [5, 5.41) is 4.51. The molecule has 5 nitrogen and oxygen atoms in total. The zero-order valence-corrected chi connectivity index (χ0v) is 10.5. The van der Waals surface area contributed by atoms with Crippen LogP contribution >= 0.6 is 0 Å². The number of aldehydes is 1. The van der Waals surface area contributed by atoms with Crippen LogP contribution in [-0.4, -0.2) is 25.9 Å². The molecule has 0 unspecified atom stereocenters. The van der Waals surface area contributed by atoms with Gasteiger partial charge in [-0.3, -0.25) is 4.79 Å². The van der Waals surface area contributed by atoms with Crippen LogP contribution in [0.25, 0.3) is 5.52 Å². The van der Waals surface area contributed by atoms with Crippen molar-refractivity contribution in [3.8, 4) is 0 Å². The minimum atomic E-state index is 0.378. The van der Waals surface area contributed by atoms with Gasteiger partial charge in [0.15, 0.2) is 17.9 Å². The number of hydrogen-bond acceptors (Lipinski definition) is 4. The van der Waals surface area contributed by atoms with E-state index in [9.17, 15) is 4.79 Å². The summed E-state index contributed by atoms with van der Waals surface area (Å²) >= 11 is 0. The molecule has 18 heavy (non-hydrogen) atoms. The van der Waals surface area contributed by atoms with Crippen molar-refractivity contribution in [2.45, 2.75) is 44.9 Å². The Labute approximate surface area is 105 Å². The Morgan fingerprint density at radius 2 is 2.22 bits per heavy atom. The second-order valence-corrected chi connectivity index (χ2v) is 4.78. The first-order valence-electron chi connectivity index (χ1n) is 6.53. The summed E-state index contributed by atoms with van der Waals surface area (Å²) in [6.45, 7) is 2.02. The highest BCUT2D eigenvalue weighted by Crippen LogP contribution is 2.31. The van der Waals surface area contributed by atoms with Gasteiger partial charge in [0.1, 0.15) is 5.52 Å². The Hall–Kier alpha value is -1.78. The van der Waals surface area contributed by atoms with E-state index in [-0.39, 0.29) is 0 Å². The smallest absolute Gasteiger partial charge is 0.194 e. The molecule has 1 saturated carbocycles. The molecule has 5 heteroatoms. The predicted molar refractivity (Wildman–Crippen MR) is 66.8 cm³/mol. The first-order valence-corrected chi connectivity index (χ1v) is 6.53. The Kier molecular flexibility index (Phi) is 2.81. The molecular formula is C13H16N4O. The van der Waals surface area contributed by atoms with Crippen molar-refractivity contribution >= 4 is 11.8 Å². The SMILES string of the molecule is CCc1nc(C=O)n2nc(C3CCCC3)ncc12. The zero-order valence-electron chi connectivity index (χ0n) is 10.5. The van der Waals surface area contributed by atoms with E-state index in [1.54, 1.807) is 10.7 Å². The summed E-state index contributed by atoms with van der Waals surface area (Å²) in [6, 6.07) is 0. The van der Waals surface area contributed by atoms with Crippen molar-refractivity contribution in [3.05, 3.63) is 23.5 Å². The van der Waals surface area contributed by atoms with Crippen molar-refractivity contribution in [1.82, 2.24) is 19.6 Å². The maximum atomic E-state index is 11.0. The fourth-order valence-corrected chi connectivity index (χ4v) is 2.69. The summed E-state index contributed by atoms with van der Waals surface area (Å²) in [6.07, 6.45) is 8.14. The van der Waals surface area contributed by atoms with Crippen LogP contribution in [0.2, 0.25) is 0 Å². The minimum absolute atomic E-state index is 0.378. The summed E-state index contributed by atoms with van der Waals surface area (Å²) in [5.74, 6) is 1.67. The molecule has 1 fully saturated rings. The number of carbonyl (C=O) groups is 1. The maximum absolute atomic E-state index is 11.0. The summed E-state index contributed by atoms with van der Waals surface area (Å²) in [4.78, 5) is 19.8. The lowest BCUT2D eigenvalue weighted by molar-refractivity contribution is 0.111. The van der Waals surface area contributed by atoms with Gasteiger partial charge in [0.05, 0.1) is 11.9 Å². The number of hydrogen-bond donors (Lipinski definition) is 0. The van der Waals surface area contributed by atoms with Crippen LogP contribution in [0.3, 0.4) is 0 Å². The topological polar surface area (TPSA) is 60.2 Å². The molecule has 0 aliphatic heterocycles. The van der Waals surface area contributed by atoms with Crippen molar-refractivity contribution in [1.29, 1.82) is 0 Å². The number of fused-ring (bicyclic) bond motifs is 1. The molecule has 2 heterocycles. The first-order chi connectivity index (χ1) is 8.83. The van der Waals surface area contributed by atoms with E-state index in [2.05, 4.69) is 15.1 Å². The molecule has 1 aliphatic carbocycles. The van der Waals surface area contributed by atoms with Gasteiger partial charge < -0.3 is 0 Å². The third-order valence-electron chi connectivity index (χ3n) is 3.67. The molecule has 1 aliphatic rings. The van der Waals surface area contributed by atoms with E-state index in [1.165, 1.54) is 12.8 Å². The number of aromatic nitrogens is 4. The van der Waals surface area contributed by atoms with Crippen LogP contribution in [0.15, 0.2) is 6.20 Å². The molecule has 0 spiro atoms. The van der Waals surface area contributed by atoms with Gasteiger partial charge in [-0.2, -0.15) is 5.10 Å². The number of carbonyl (C=O) groups excluding carboxylic acids is 1. The van der Waals surface area contributed by atoms with E-state index in [4.69, 9.17) is 0 Å². The Morgan fingerprint density at radius 3 is 2.89 bits per heavy atom. The monoisotopic (exact) mass is 244 g/mol. The van der Waals surface area contributed by atoms with Crippen LogP contribution in [0.5, 0.6) is 0 Å². The lowest BCUT2D eigenvalue weighted by Gasteiger charge is -2.07. The average Bonchev–Trinajstić information content (AvgIpc) is 3.05. The number of rotatable bonds is 3. The van der Waals surface area contributed by atoms with Crippen molar-refractivity contribution in [2.24, 2.45) is 0 Å². The van der Waals surface area contributed by atoms with Crippen LogP contribution < -0.4 is 0 Å². The minimum Gasteiger partial charge on any atom is -0.294 e. The largest absolute Gasteiger partial charge is 0.294 e. The summed E-state index contributed by atoms with van der Waals surface area (Å²) in [5.41, 5.74) is 1.73. The number of imidazole rings is 1. The van der Waals surface area contributed by atoms with E-state index >= 15 is 0 Å². The first kappa shape index (κ1) is 11.3. The second kappa shape index (κ2) is 4.48. The molecule has 0 N–H and O–H groups in total. The van der Waals surface area contributed by atoms with Crippen LogP contribution in [-0.2, 0) is 6.42 Å². The molecule has 0 atom stereocenters. The molecule has 0 radical (unpaired) electrons. The molecule has 0 aromatic carbocycles. The fourth-order valence-electron chi connectivity index (χ4n) is 2.69. The fraction of sp³-hybridized carbons (Fsp3) is 0.538. The van der Waals surface area contributed by atoms with Crippen LogP contribution in [0, 0.1) is 0 Å². The predicted octanol–water partition coefficient (Wildman–Crippen LogP) is 2.16. The van der Waals surface area contributed by atoms with Crippen molar-refractivity contribution < 1.29 is 4.79 Å². The van der Waals surface area contributed by atoms with Gasteiger partial charge in [-0.25, -0.2) is 14.5 Å². The second-order valence-electron chi connectivity index (χ2n) is 4.78. The normalized spacial score (nSPS) is 16.5. The summed E-state index contributed by atoms with van der Waals surface area (Å²) in [7, 11) is 0. The Morgan fingerprint density at radius 1 is 1.44 bits per heavy atom. The van der Waals surface area contributed by atoms with E-state index in [0.717, 1.165) is 42.6 Å². The third-order valence-corrected chi connectivity index (χ3v) is 3.67.